The van der Waals surface area contributed by atoms with Crippen molar-refractivity contribution in [1.82, 2.24) is 5.32 Å². The largest absolute Gasteiger partial charge is 0.352 e. The number of rotatable bonds is 4. The first-order chi connectivity index (χ1) is 8.79. The number of nitrogens with one attached hydrogen (secondary N) is 1. The third-order valence-corrected chi connectivity index (χ3v) is 3.59. The molecule has 0 aromatic heterocycles. The van der Waals surface area contributed by atoms with E-state index >= 15 is 0 Å². The van der Waals surface area contributed by atoms with E-state index in [1.54, 1.807) is 24.3 Å². The van der Waals surface area contributed by atoms with Gasteiger partial charge in [-0.1, -0.05) is 25.7 Å². The van der Waals surface area contributed by atoms with Crippen LogP contribution in [0.1, 0.15) is 48.0 Å². The molecule has 0 bridgehead atoms. The molecule has 3 nitrogen and oxygen atoms in total. The van der Waals surface area contributed by atoms with Gasteiger partial charge in [0.1, 0.15) is 0 Å². The van der Waals surface area contributed by atoms with Crippen molar-refractivity contribution in [3.8, 4) is 6.07 Å². The lowest BCUT2D eigenvalue weighted by Crippen LogP contribution is -2.25. The van der Waals surface area contributed by atoms with E-state index in [0.717, 1.165) is 18.9 Å². The maximum Gasteiger partial charge on any atom is 0.251 e. The number of hydrogen-bond acceptors (Lipinski definition) is 2. The smallest absolute Gasteiger partial charge is 0.251 e. The van der Waals surface area contributed by atoms with E-state index in [2.05, 4.69) is 5.32 Å². The first-order valence-electron chi connectivity index (χ1n) is 6.58. The van der Waals surface area contributed by atoms with E-state index in [1.165, 1.54) is 25.7 Å². The van der Waals surface area contributed by atoms with Crippen molar-refractivity contribution < 1.29 is 4.79 Å². The molecule has 1 aliphatic carbocycles. The zero-order chi connectivity index (χ0) is 12.8. The summed E-state index contributed by atoms with van der Waals surface area (Å²) in [7, 11) is 0. The minimum absolute atomic E-state index is 0.0440. The van der Waals surface area contributed by atoms with Gasteiger partial charge in [-0.3, -0.25) is 4.79 Å². The molecule has 0 unspecified atom stereocenters. The molecule has 1 saturated carbocycles. The Balaban J connectivity index is 1.78. The average molecular weight is 242 g/mol. The van der Waals surface area contributed by atoms with Crippen LogP contribution in [0.2, 0.25) is 0 Å². The van der Waals surface area contributed by atoms with Crippen LogP contribution in [0.15, 0.2) is 24.3 Å². The number of hydrogen-bond donors (Lipinski definition) is 1. The zero-order valence-electron chi connectivity index (χ0n) is 10.5. The molecule has 0 saturated heterocycles. The van der Waals surface area contributed by atoms with E-state index in [-0.39, 0.29) is 5.91 Å². The Morgan fingerprint density at radius 1 is 1.28 bits per heavy atom. The summed E-state index contributed by atoms with van der Waals surface area (Å²) in [5, 5.41) is 11.6. The highest BCUT2D eigenvalue weighted by Gasteiger charge is 2.14. The van der Waals surface area contributed by atoms with Crippen LogP contribution >= 0.6 is 0 Å². The van der Waals surface area contributed by atoms with E-state index in [0.29, 0.717) is 11.1 Å². The lowest BCUT2D eigenvalue weighted by atomic mass is 10.0. The Hall–Kier alpha value is -1.82. The molecule has 1 aliphatic rings. The maximum absolute atomic E-state index is 11.8. The normalized spacial score (nSPS) is 15.3. The molecule has 1 aromatic carbocycles. The van der Waals surface area contributed by atoms with Crippen LogP contribution in [0.3, 0.4) is 0 Å². The Kier molecular flexibility index (Phi) is 4.35. The van der Waals surface area contributed by atoms with Crippen molar-refractivity contribution in [3.05, 3.63) is 35.4 Å². The molecule has 0 aliphatic heterocycles. The maximum atomic E-state index is 11.8. The second kappa shape index (κ2) is 6.20. The lowest BCUT2D eigenvalue weighted by molar-refractivity contribution is 0.0951. The van der Waals surface area contributed by atoms with Gasteiger partial charge in [-0.15, -0.1) is 0 Å². The number of benzene rings is 1. The molecule has 1 aromatic rings. The topological polar surface area (TPSA) is 52.9 Å². The lowest BCUT2D eigenvalue weighted by Gasteiger charge is -2.09. The minimum Gasteiger partial charge on any atom is -0.352 e. The summed E-state index contributed by atoms with van der Waals surface area (Å²) in [6.07, 6.45) is 6.39. The summed E-state index contributed by atoms with van der Waals surface area (Å²) in [4.78, 5) is 11.8. The molecule has 1 amide bonds. The van der Waals surface area contributed by atoms with Gasteiger partial charge in [0.15, 0.2) is 0 Å². The molecule has 1 N–H and O–H groups in total. The molecule has 1 fully saturated rings. The van der Waals surface area contributed by atoms with E-state index < -0.39 is 0 Å². The van der Waals surface area contributed by atoms with Gasteiger partial charge < -0.3 is 5.32 Å². The molecular weight excluding hydrogens is 224 g/mol. The van der Waals surface area contributed by atoms with Crippen molar-refractivity contribution in [3.63, 3.8) is 0 Å². The fourth-order valence-corrected chi connectivity index (χ4v) is 2.49. The van der Waals surface area contributed by atoms with Crippen LogP contribution in [-0.4, -0.2) is 12.5 Å². The molecular formula is C15H18N2O. The van der Waals surface area contributed by atoms with E-state index in [1.807, 2.05) is 6.07 Å². The molecule has 0 spiro atoms. The van der Waals surface area contributed by atoms with Gasteiger partial charge in [0.2, 0.25) is 0 Å². The summed E-state index contributed by atoms with van der Waals surface area (Å²) in [6, 6.07) is 8.78. The number of nitrogens with zero attached hydrogens (tertiary/aromatic N) is 1. The van der Waals surface area contributed by atoms with Crippen molar-refractivity contribution in [2.24, 2.45) is 5.92 Å². The molecule has 0 radical (unpaired) electrons. The zero-order valence-corrected chi connectivity index (χ0v) is 10.5. The summed E-state index contributed by atoms with van der Waals surface area (Å²) >= 11 is 0. The van der Waals surface area contributed by atoms with Gasteiger partial charge in [-0.2, -0.15) is 5.26 Å². The van der Waals surface area contributed by atoms with Crippen LogP contribution in [-0.2, 0) is 0 Å². The van der Waals surface area contributed by atoms with Crippen molar-refractivity contribution in [2.75, 3.05) is 6.54 Å². The van der Waals surface area contributed by atoms with Gasteiger partial charge in [-0.25, -0.2) is 0 Å². The highest BCUT2D eigenvalue weighted by atomic mass is 16.1. The Bertz CT molecular complexity index is 439. The van der Waals surface area contributed by atoms with Crippen LogP contribution in [0.25, 0.3) is 0 Å². The van der Waals surface area contributed by atoms with Gasteiger partial charge in [0, 0.05) is 12.1 Å². The number of nitriles is 1. The average Bonchev–Trinajstić information content (AvgIpc) is 2.92. The minimum atomic E-state index is -0.0440. The Morgan fingerprint density at radius 2 is 1.94 bits per heavy atom. The van der Waals surface area contributed by atoms with Gasteiger partial charge in [-0.05, 0) is 36.6 Å². The van der Waals surface area contributed by atoms with Gasteiger partial charge in [0.25, 0.3) is 5.91 Å². The highest BCUT2D eigenvalue weighted by molar-refractivity contribution is 5.94. The quantitative estimate of drug-likeness (QED) is 0.882. The number of carbonyl (C=O) groups excluding carboxylic acids is 1. The summed E-state index contributed by atoms with van der Waals surface area (Å²) in [5.41, 5.74) is 1.21. The van der Waals surface area contributed by atoms with Crippen LogP contribution in [0.4, 0.5) is 0 Å². The van der Waals surface area contributed by atoms with Crippen LogP contribution < -0.4 is 5.32 Å². The first kappa shape index (κ1) is 12.6. The summed E-state index contributed by atoms with van der Waals surface area (Å²) < 4.78 is 0. The molecule has 94 valence electrons. The SMILES string of the molecule is N#Cc1ccc(C(=O)NCCC2CCCC2)cc1. The Labute approximate surface area is 108 Å². The predicted molar refractivity (Wildman–Crippen MR) is 70.1 cm³/mol. The van der Waals surface area contributed by atoms with E-state index in [9.17, 15) is 4.79 Å². The summed E-state index contributed by atoms with van der Waals surface area (Å²) in [6.45, 7) is 0.753. The molecule has 2 rings (SSSR count). The third-order valence-electron chi connectivity index (χ3n) is 3.59. The van der Waals surface area contributed by atoms with Crippen molar-refractivity contribution in [2.45, 2.75) is 32.1 Å². The van der Waals surface area contributed by atoms with Crippen molar-refractivity contribution >= 4 is 5.91 Å². The molecule has 18 heavy (non-hydrogen) atoms. The third kappa shape index (κ3) is 3.33. The van der Waals surface area contributed by atoms with Crippen LogP contribution in [0.5, 0.6) is 0 Å². The van der Waals surface area contributed by atoms with Gasteiger partial charge >= 0.3 is 0 Å². The first-order valence-corrected chi connectivity index (χ1v) is 6.58. The Morgan fingerprint density at radius 3 is 2.56 bits per heavy atom. The molecule has 0 heterocycles. The monoisotopic (exact) mass is 242 g/mol. The van der Waals surface area contributed by atoms with Crippen molar-refractivity contribution in [1.29, 1.82) is 5.26 Å². The molecule has 3 heteroatoms. The van der Waals surface area contributed by atoms with Gasteiger partial charge in [0.05, 0.1) is 11.6 Å². The summed E-state index contributed by atoms with van der Waals surface area (Å²) in [5.74, 6) is 0.753. The standard InChI is InChI=1S/C15H18N2O/c16-11-13-5-7-14(8-6-13)15(18)17-10-9-12-3-1-2-4-12/h5-8,12H,1-4,9-10H2,(H,17,18). The second-order valence-electron chi connectivity index (χ2n) is 4.88. The van der Waals surface area contributed by atoms with Crippen LogP contribution in [0, 0.1) is 17.2 Å². The highest BCUT2D eigenvalue weighted by Crippen LogP contribution is 2.26. The fourth-order valence-electron chi connectivity index (χ4n) is 2.49. The van der Waals surface area contributed by atoms with E-state index in [4.69, 9.17) is 5.26 Å². The predicted octanol–water partition coefficient (Wildman–Crippen LogP) is 2.87. The molecule has 0 atom stereocenters. The number of carbonyl (C=O) groups is 1. The number of amides is 1. The second-order valence-corrected chi connectivity index (χ2v) is 4.88. The fraction of sp³-hybridized carbons (Fsp3) is 0.467.